The molecule has 146 valence electrons. The second-order valence-electron chi connectivity index (χ2n) is 7.42. The third-order valence-corrected chi connectivity index (χ3v) is 4.69. The van der Waals surface area contributed by atoms with Crippen molar-refractivity contribution in [2.45, 2.75) is 32.9 Å². The molecule has 3 aromatic rings. The molecule has 0 atom stereocenters. The third kappa shape index (κ3) is 4.07. The molecule has 0 fully saturated rings. The van der Waals surface area contributed by atoms with Crippen molar-refractivity contribution in [3.05, 3.63) is 65.1 Å². The number of hydrogen-bond donors (Lipinski definition) is 2. The Morgan fingerprint density at radius 3 is 2.79 bits per heavy atom. The highest BCUT2D eigenvalue weighted by Gasteiger charge is 2.20. The van der Waals surface area contributed by atoms with Crippen LogP contribution in [0.15, 0.2) is 47.0 Å². The summed E-state index contributed by atoms with van der Waals surface area (Å²) in [6, 6.07) is 9.53. The highest BCUT2D eigenvalue weighted by molar-refractivity contribution is 5.92. The Kier molecular flexibility index (Phi) is 5.25. The first-order chi connectivity index (χ1) is 13.2. The number of pyridine rings is 1. The first kappa shape index (κ1) is 19.6. The van der Waals surface area contributed by atoms with Crippen LogP contribution in [0.5, 0.6) is 0 Å². The molecule has 0 unspecified atom stereocenters. The average Bonchev–Trinajstić information content (AvgIpc) is 2.95. The van der Waals surface area contributed by atoms with E-state index in [1.807, 2.05) is 31.2 Å². The zero-order valence-corrected chi connectivity index (χ0v) is 16.6. The van der Waals surface area contributed by atoms with Crippen LogP contribution in [0.4, 0.5) is 5.82 Å². The lowest BCUT2D eigenvalue weighted by Gasteiger charge is -2.19. The zero-order valence-electron chi connectivity index (χ0n) is 16.6. The van der Waals surface area contributed by atoms with Gasteiger partial charge in [-0.25, -0.2) is 4.98 Å². The molecule has 2 aromatic heterocycles. The van der Waals surface area contributed by atoms with Gasteiger partial charge in [-0.15, -0.1) is 0 Å². The molecular weight excluding hydrogens is 354 g/mol. The molecule has 6 heteroatoms. The number of aromatic nitrogens is 1. The van der Waals surface area contributed by atoms with Crippen molar-refractivity contribution in [2.75, 3.05) is 12.8 Å². The minimum absolute atomic E-state index is 0.147. The molecule has 0 saturated heterocycles. The molecule has 0 bridgehead atoms. The minimum Gasteiger partial charge on any atom is -0.461 e. The van der Waals surface area contributed by atoms with E-state index < -0.39 is 5.60 Å². The smallest absolute Gasteiger partial charge is 0.246 e. The number of hydrogen-bond acceptors (Lipinski definition) is 5. The van der Waals surface area contributed by atoms with Gasteiger partial charge in [0.15, 0.2) is 0 Å². The van der Waals surface area contributed by atoms with Gasteiger partial charge in [0.25, 0.3) is 0 Å². The summed E-state index contributed by atoms with van der Waals surface area (Å²) in [7, 11) is 1.75. The van der Waals surface area contributed by atoms with Crippen LogP contribution >= 0.6 is 0 Å². The summed E-state index contributed by atoms with van der Waals surface area (Å²) in [6.07, 6.45) is 4.72. The predicted octanol–water partition coefficient (Wildman–Crippen LogP) is 3.62. The van der Waals surface area contributed by atoms with Crippen molar-refractivity contribution in [1.29, 1.82) is 0 Å². The maximum Gasteiger partial charge on any atom is 0.246 e. The number of para-hydroxylation sites is 1. The number of benzene rings is 1. The second kappa shape index (κ2) is 7.48. The minimum atomic E-state index is -1.11. The van der Waals surface area contributed by atoms with Crippen molar-refractivity contribution < 1.29 is 14.3 Å². The summed E-state index contributed by atoms with van der Waals surface area (Å²) in [5, 5.41) is 11.2. The molecule has 0 aliphatic carbocycles. The van der Waals surface area contributed by atoms with E-state index in [1.165, 1.54) is 6.08 Å². The summed E-state index contributed by atoms with van der Waals surface area (Å²) in [5.41, 5.74) is 7.76. The summed E-state index contributed by atoms with van der Waals surface area (Å²) in [6.45, 7) is 5.64. The van der Waals surface area contributed by atoms with Crippen molar-refractivity contribution in [2.24, 2.45) is 0 Å². The van der Waals surface area contributed by atoms with Crippen LogP contribution in [0.2, 0.25) is 0 Å². The van der Waals surface area contributed by atoms with Crippen molar-refractivity contribution >= 4 is 28.8 Å². The van der Waals surface area contributed by atoms with Gasteiger partial charge in [0.05, 0.1) is 5.60 Å². The summed E-state index contributed by atoms with van der Waals surface area (Å²) in [4.78, 5) is 18.3. The van der Waals surface area contributed by atoms with Crippen molar-refractivity contribution in [1.82, 2.24) is 9.88 Å². The van der Waals surface area contributed by atoms with Crippen LogP contribution < -0.4 is 5.73 Å². The number of likely N-dealkylation sites (N-methyl/N-ethyl adjacent to an activating group) is 1. The number of furan rings is 1. The predicted molar refractivity (Wildman–Crippen MR) is 110 cm³/mol. The maximum atomic E-state index is 12.6. The Balaban J connectivity index is 1.76. The van der Waals surface area contributed by atoms with Gasteiger partial charge in [-0.2, -0.15) is 0 Å². The number of carbonyl (C=O) groups excluding carboxylic acids is 1. The monoisotopic (exact) mass is 379 g/mol. The number of nitrogen functional groups attached to an aromatic ring is 1. The molecule has 6 nitrogen and oxygen atoms in total. The van der Waals surface area contributed by atoms with Crippen molar-refractivity contribution in [3.63, 3.8) is 0 Å². The first-order valence-electron chi connectivity index (χ1n) is 9.05. The summed E-state index contributed by atoms with van der Waals surface area (Å²) in [5.74, 6) is 0.934. The molecule has 0 spiro atoms. The Bertz CT molecular complexity index is 1040. The van der Waals surface area contributed by atoms with E-state index >= 15 is 0 Å². The van der Waals surface area contributed by atoms with Crippen LogP contribution in [0.25, 0.3) is 17.0 Å². The fourth-order valence-corrected chi connectivity index (χ4v) is 3.10. The molecule has 0 aliphatic rings. The van der Waals surface area contributed by atoms with Gasteiger partial charge in [-0.1, -0.05) is 18.2 Å². The molecule has 3 N–H and O–H groups in total. The van der Waals surface area contributed by atoms with E-state index in [2.05, 4.69) is 4.98 Å². The Morgan fingerprint density at radius 1 is 1.36 bits per heavy atom. The highest BCUT2D eigenvalue weighted by atomic mass is 16.3. The first-order valence-corrected chi connectivity index (χ1v) is 9.05. The summed E-state index contributed by atoms with van der Waals surface area (Å²) < 4.78 is 5.77. The number of fused-ring (bicyclic) bond motifs is 1. The number of aryl methyl sites for hydroxylation is 1. The second-order valence-corrected chi connectivity index (χ2v) is 7.42. The molecule has 3 rings (SSSR count). The average molecular weight is 379 g/mol. The lowest BCUT2D eigenvalue weighted by Crippen LogP contribution is -2.24. The van der Waals surface area contributed by atoms with Gasteiger partial charge in [0.2, 0.25) is 5.91 Å². The highest BCUT2D eigenvalue weighted by Crippen LogP contribution is 2.27. The van der Waals surface area contributed by atoms with Crippen LogP contribution in [-0.4, -0.2) is 27.9 Å². The molecule has 1 aromatic carbocycles. The van der Waals surface area contributed by atoms with Crippen LogP contribution in [0, 0.1) is 6.92 Å². The van der Waals surface area contributed by atoms with E-state index in [1.54, 1.807) is 44.1 Å². The maximum absolute atomic E-state index is 12.6. The van der Waals surface area contributed by atoms with Gasteiger partial charge in [-0.3, -0.25) is 4.79 Å². The fourth-order valence-electron chi connectivity index (χ4n) is 3.10. The quantitative estimate of drug-likeness (QED) is 0.661. The van der Waals surface area contributed by atoms with Gasteiger partial charge in [0.1, 0.15) is 17.2 Å². The van der Waals surface area contributed by atoms with Crippen LogP contribution in [0.1, 0.15) is 36.3 Å². The molecule has 28 heavy (non-hydrogen) atoms. The molecule has 1 amide bonds. The van der Waals surface area contributed by atoms with Gasteiger partial charge < -0.3 is 20.2 Å². The molecule has 0 radical (unpaired) electrons. The number of carbonyl (C=O) groups is 1. The normalized spacial score (nSPS) is 12.0. The van der Waals surface area contributed by atoms with Gasteiger partial charge in [-0.05, 0) is 44.5 Å². The number of aliphatic hydroxyl groups is 1. The molecule has 0 aliphatic heterocycles. The van der Waals surface area contributed by atoms with E-state index in [4.69, 9.17) is 10.2 Å². The largest absolute Gasteiger partial charge is 0.461 e. The molecular formula is C22H25N3O3. The van der Waals surface area contributed by atoms with E-state index in [0.29, 0.717) is 17.7 Å². The van der Waals surface area contributed by atoms with Crippen LogP contribution in [-0.2, 0) is 16.9 Å². The number of nitrogens with two attached hydrogens (primary N) is 1. The standard InChI is InChI=1S/C22H25N3O3/c1-14-17(16-7-5-6-8-19(16)28-14)13-25(4)20(26)10-9-15-11-18(22(2,3)27)21(23)24-12-15/h5-12,27H,13H2,1-4H3,(H2,23,24). The van der Waals surface area contributed by atoms with E-state index in [0.717, 1.165) is 22.3 Å². The van der Waals surface area contributed by atoms with E-state index in [9.17, 15) is 9.90 Å². The Morgan fingerprint density at radius 2 is 2.07 bits per heavy atom. The number of rotatable bonds is 5. The number of nitrogens with zero attached hydrogens (tertiary/aromatic N) is 2. The van der Waals surface area contributed by atoms with E-state index in [-0.39, 0.29) is 11.7 Å². The molecule has 0 saturated carbocycles. The zero-order chi connectivity index (χ0) is 20.5. The topological polar surface area (TPSA) is 92.6 Å². The Labute approximate surface area is 164 Å². The lowest BCUT2D eigenvalue weighted by atomic mass is 9.97. The van der Waals surface area contributed by atoms with Crippen molar-refractivity contribution in [3.8, 4) is 0 Å². The lowest BCUT2D eigenvalue weighted by molar-refractivity contribution is -0.125. The SMILES string of the molecule is Cc1oc2ccccc2c1CN(C)C(=O)C=Cc1cnc(N)c(C(C)(C)O)c1. The number of anilines is 1. The molecule has 2 heterocycles. The van der Waals surface area contributed by atoms with Gasteiger partial charge >= 0.3 is 0 Å². The third-order valence-electron chi connectivity index (χ3n) is 4.69. The Hall–Kier alpha value is -3.12. The van der Waals surface area contributed by atoms with Crippen LogP contribution in [0.3, 0.4) is 0 Å². The summed E-state index contributed by atoms with van der Waals surface area (Å²) >= 11 is 0. The fraction of sp³-hybridized carbons (Fsp3) is 0.273. The number of amides is 1. The van der Waals surface area contributed by atoms with Gasteiger partial charge in [0, 0.05) is 42.4 Å².